The highest BCUT2D eigenvalue weighted by molar-refractivity contribution is 9.10. The molecule has 0 aliphatic heterocycles. The Balaban J connectivity index is 2.41. The summed E-state index contributed by atoms with van der Waals surface area (Å²) in [6.07, 6.45) is 0. The zero-order chi connectivity index (χ0) is 19.4. The van der Waals surface area contributed by atoms with Crippen molar-refractivity contribution >= 4 is 33.4 Å². The van der Waals surface area contributed by atoms with Crippen LogP contribution >= 0.6 is 15.9 Å². The van der Waals surface area contributed by atoms with Gasteiger partial charge in [0.1, 0.15) is 6.04 Å². The van der Waals surface area contributed by atoms with E-state index in [0.29, 0.717) is 5.69 Å². The molecule has 0 fully saturated rings. The molecule has 0 aromatic heterocycles. The molecule has 0 aliphatic rings. The fourth-order valence-corrected chi connectivity index (χ4v) is 2.92. The maximum atomic E-state index is 13.7. The Morgan fingerprint density at radius 3 is 2.38 bits per heavy atom. The Hall–Kier alpha value is -2.28. The third-order valence-corrected chi connectivity index (χ3v) is 4.88. The smallest absolute Gasteiger partial charge is 0.251 e. The van der Waals surface area contributed by atoms with Gasteiger partial charge in [-0.25, -0.2) is 8.78 Å². The Morgan fingerprint density at radius 2 is 1.85 bits per heavy atom. The maximum Gasteiger partial charge on any atom is 0.251 e. The normalized spacial score (nSPS) is 11.8. The molecule has 2 rings (SSSR count). The van der Waals surface area contributed by atoms with E-state index in [-0.39, 0.29) is 18.0 Å². The lowest BCUT2D eigenvalue weighted by Crippen LogP contribution is -2.40. The van der Waals surface area contributed by atoms with Crippen LogP contribution in [-0.2, 0) is 9.59 Å². The topological polar surface area (TPSA) is 49.4 Å². The molecule has 138 valence electrons. The van der Waals surface area contributed by atoms with Crippen LogP contribution < -0.4 is 5.32 Å². The van der Waals surface area contributed by atoms with Crippen LogP contribution in [0.5, 0.6) is 0 Å². The van der Waals surface area contributed by atoms with Crippen molar-refractivity contribution in [3.63, 3.8) is 0 Å². The van der Waals surface area contributed by atoms with Gasteiger partial charge in [0.15, 0.2) is 11.6 Å². The number of nitrogens with one attached hydrogen (secondary N) is 1. The average Bonchev–Trinajstić information content (AvgIpc) is 2.58. The molecule has 0 saturated heterocycles. The van der Waals surface area contributed by atoms with Gasteiger partial charge < -0.3 is 10.2 Å². The maximum absolute atomic E-state index is 13.7. The summed E-state index contributed by atoms with van der Waals surface area (Å²) < 4.78 is 27.8. The molecule has 2 aromatic rings. The quantitative estimate of drug-likeness (QED) is 0.763. The first kappa shape index (κ1) is 20.0. The number of amides is 2. The molecule has 1 atom stereocenters. The first-order valence-electron chi connectivity index (χ1n) is 8.03. The second kappa shape index (κ2) is 8.40. The summed E-state index contributed by atoms with van der Waals surface area (Å²) in [7, 11) is 0. The molecule has 0 heterocycles. The molecular formula is C19H19BrF2N2O2. The molecule has 7 heteroatoms. The minimum absolute atomic E-state index is 0.201. The van der Waals surface area contributed by atoms with E-state index >= 15 is 0 Å². The number of hydrogen-bond acceptors (Lipinski definition) is 2. The number of nitrogens with zero attached hydrogens (tertiary/aromatic N) is 1. The third kappa shape index (κ3) is 4.46. The zero-order valence-electron chi connectivity index (χ0n) is 14.6. The van der Waals surface area contributed by atoms with Crippen molar-refractivity contribution in [3.05, 3.63) is 63.6 Å². The minimum Gasteiger partial charge on any atom is -0.327 e. The SMILES string of the molecule is CCN(C(C)=O)[C@H](C(=O)Nc1ccc(Br)c(C)c1)c1ccc(F)c(F)c1. The van der Waals surface area contributed by atoms with Crippen molar-refractivity contribution in [1.82, 2.24) is 4.90 Å². The lowest BCUT2D eigenvalue weighted by atomic mass is 10.0. The molecule has 0 aliphatic carbocycles. The van der Waals surface area contributed by atoms with Crippen LogP contribution in [0.2, 0.25) is 0 Å². The number of likely N-dealkylation sites (N-methyl/N-ethyl adjacent to an activating group) is 1. The van der Waals surface area contributed by atoms with E-state index in [4.69, 9.17) is 0 Å². The summed E-state index contributed by atoms with van der Waals surface area (Å²) in [5.41, 5.74) is 1.67. The number of carbonyl (C=O) groups is 2. The number of aryl methyl sites for hydroxylation is 1. The lowest BCUT2D eigenvalue weighted by Gasteiger charge is -2.29. The highest BCUT2D eigenvalue weighted by Gasteiger charge is 2.29. The average molecular weight is 425 g/mol. The minimum atomic E-state index is -1.07. The highest BCUT2D eigenvalue weighted by atomic mass is 79.9. The fourth-order valence-electron chi connectivity index (χ4n) is 2.68. The number of rotatable bonds is 5. The first-order chi connectivity index (χ1) is 12.2. The van der Waals surface area contributed by atoms with Crippen molar-refractivity contribution in [2.24, 2.45) is 0 Å². The summed E-state index contributed by atoms with van der Waals surface area (Å²) >= 11 is 3.39. The molecule has 2 amide bonds. The van der Waals surface area contributed by atoms with Gasteiger partial charge in [0.05, 0.1) is 0 Å². The molecule has 0 radical (unpaired) electrons. The van der Waals surface area contributed by atoms with Gasteiger partial charge >= 0.3 is 0 Å². The largest absolute Gasteiger partial charge is 0.327 e. The van der Waals surface area contributed by atoms with Crippen molar-refractivity contribution in [3.8, 4) is 0 Å². The number of anilines is 1. The second-order valence-electron chi connectivity index (χ2n) is 5.83. The van der Waals surface area contributed by atoms with Gasteiger partial charge in [0.2, 0.25) is 5.91 Å². The second-order valence-corrected chi connectivity index (χ2v) is 6.69. The molecule has 0 bridgehead atoms. The van der Waals surface area contributed by atoms with E-state index in [0.717, 1.165) is 22.2 Å². The molecule has 1 N–H and O–H groups in total. The van der Waals surface area contributed by atoms with Crippen LogP contribution in [0, 0.1) is 18.6 Å². The molecular weight excluding hydrogens is 406 g/mol. The zero-order valence-corrected chi connectivity index (χ0v) is 16.2. The number of hydrogen-bond donors (Lipinski definition) is 1. The lowest BCUT2D eigenvalue weighted by molar-refractivity contribution is -0.136. The summed E-state index contributed by atoms with van der Waals surface area (Å²) in [4.78, 5) is 26.1. The first-order valence-corrected chi connectivity index (χ1v) is 8.83. The van der Waals surface area contributed by atoms with Crippen molar-refractivity contribution in [2.75, 3.05) is 11.9 Å². The van der Waals surface area contributed by atoms with Gasteiger partial charge in [-0.3, -0.25) is 9.59 Å². The molecule has 0 unspecified atom stereocenters. The van der Waals surface area contributed by atoms with Gasteiger partial charge in [-0.15, -0.1) is 0 Å². The summed E-state index contributed by atoms with van der Waals surface area (Å²) in [5.74, 6) is -2.93. The molecule has 0 spiro atoms. The van der Waals surface area contributed by atoms with E-state index in [9.17, 15) is 18.4 Å². The van der Waals surface area contributed by atoms with E-state index < -0.39 is 23.6 Å². The van der Waals surface area contributed by atoms with Crippen molar-refractivity contribution in [2.45, 2.75) is 26.8 Å². The Morgan fingerprint density at radius 1 is 1.15 bits per heavy atom. The molecule has 2 aromatic carbocycles. The number of benzene rings is 2. The summed E-state index contributed by atoms with van der Waals surface area (Å²) in [6, 6.07) is 7.40. The van der Waals surface area contributed by atoms with Crippen LogP contribution in [0.4, 0.5) is 14.5 Å². The van der Waals surface area contributed by atoms with Gasteiger partial charge in [-0.1, -0.05) is 22.0 Å². The van der Waals surface area contributed by atoms with Crippen LogP contribution in [0.1, 0.15) is 31.0 Å². The van der Waals surface area contributed by atoms with E-state index in [2.05, 4.69) is 21.2 Å². The summed E-state index contributed by atoms with van der Waals surface area (Å²) in [6.45, 7) is 5.16. The number of halogens is 3. The van der Waals surface area contributed by atoms with E-state index in [1.165, 1.54) is 17.9 Å². The molecule has 4 nitrogen and oxygen atoms in total. The predicted octanol–water partition coefficient (Wildman–Crippen LogP) is 4.58. The molecule has 0 saturated carbocycles. The van der Waals surface area contributed by atoms with Gasteiger partial charge in [0, 0.05) is 23.6 Å². The van der Waals surface area contributed by atoms with E-state index in [1.54, 1.807) is 25.1 Å². The van der Waals surface area contributed by atoms with Gasteiger partial charge in [-0.2, -0.15) is 0 Å². The Bertz CT molecular complexity index is 842. The molecule has 26 heavy (non-hydrogen) atoms. The fraction of sp³-hybridized carbons (Fsp3) is 0.263. The highest BCUT2D eigenvalue weighted by Crippen LogP contribution is 2.26. The van der Waals surface area contributed by atoms with Gasteiger partial charge in [-0.05, 0) is 55.3 Å². The number of carbonyl (C=O) groups excluding carboxylic acids is 2. The van der Waals surface area contributed by atoms with Crippen LogP contribution in [0.15, 0.2) is 40.9 Å². The van der Waals surface area contributed by atoms with Crippen LogP contribution in [-0.4, -0.2) is 23.3 Å². The summed E-state index contributed by atoms with van der Waals surface area (Å²) in [5, 5.41) is 2.74. The van der Waals surface area contributed by atoms with Gasteiger partial charge in [0.25, 0.3) is 5.91 Å². The Kier molecular flexibility index (Phi) is 6.47. The monoisotopic (exact) mass is 424 g/mol. The van der Waals surface area contributed by atoms with Crippen LogP contribution in [0.25, 0.3) is 0 Å². The standard InChI is InChI=1S/C19H19BrF2N2O2/c1-4-24(12(3)25)18(13-5-8-16(21)17(22)10-13)19(26)23-14-6-7-15(20)11(2)9-14/h5-10,18H,4H2,1-3H3,(H,23,26)/t18-/m0/s1. The van der Waals surface area contributed by atoms with Crippen molar-refractivity contribution in [1.29, 1.82) is 0 Å². The van der Waals surface area contributed by atoms with Crippen LogP contribution in [0.3, 0.4) is 0 Å². The third-order valence-electron chi connectivity index (χ3n) is 3.99. The van der Waals surface area contributed by atoms with E-state index in [1.807, 2.05) is 6.92 Å². The predicted molar refractivity (Wildman–Crippen MR) is 99.7 cm³/mol. The Labute approximate surface area is 159 Å². The van der Waals surface area contributed by atoms with Crippen molar-refractivity contribution < 1.29 is 18.4 Å².